The van der Waals surface area contributed by atoms with Crippen LogP contribution in [0.25, 0.3) is 0 Å². The highest BCUT2D eigenvalue weighted by atomic mass is 32.2. The van der Waals surface area contributed by atoms with E-state index in [0.29, 0.717) is 12.1 Å². The van der Waals surface area contributed by atoms with E-state index in [1.54, 1.807) is 24.3 Å². The van der Waals surface area contributed by atoms with Crippen LogP contribution in [0.3, 0.4) is 0 Å². The maximum atomic E-state index is 12.0. The Morgan fingerprint density at radius 2 is 1.79 bits per heavy atom. The molecule has 5 heteroatoms. The lowest BCUT2D eigenvalue weighted by atomic mass is 9.89. The first-order chi connectivity index (χ1) is 8.87. The molecule has 19 heavy (non-hydrogen) atoms. The second kappa shape index (κ2) is 5.61. The Balaban J connectivity index is 1.91. The van der Waals surface area contributed by atoms with Crippen molar-refractivity contribution in [2.45, 2.75) is 56.7 Å². The van der Waals surface area contributed by atoms with Gasteiger partial charge in [0.15, 0.2) is 0 Å². The monoisotopic (exact) mass is 283 g/mol. The molecule has 0 amide bonds. The van der Waals surface area contributed by atoms with Crippen LogP contribution in [-0.2, 0) is 14.3 Å². The molecule has 4 nitrogen and oxygen atoms in total. The average Bonchev–Trinajstić information content (AvgIpc) is 2.26. The molecule has 1 aromatic carbocycles. The third-order valence-corrected chi connectivity index (χ3v) is 4.61. The summed E-state index contributed by atoms with van der Waals surface area (Å²) in [5.41, 5.74) is 1.03. The van der Waals surface area contributed by atoms with Gasteiger partial charge in [0, 0.05) is 12.1 Å². The van der Waals surface area contributed by atoms with Gasteiger partial charge < -0.3 is 5.32 Å². The summed E-state index contributed by atoms with van der Waals surface area (Å²) in [6.45, 7) is 6.08. The molecule has 0 unspecified atom stereocenters. The molecule has 1 N–H and O–H groups in total. The molecule has 106 valence electrons. The SMILES string of the molecule is Cc1ccc(S(=O)(=O)OC2CC(NC(C)C)C2)cc1. The summed E-state index contributed by atoms with van der Waals surface area (Å²) >= 11 is 0. The Hall–Kier alpha value is -0.910. The summed E-state index contributed by atoms with van der Waals surface area (Å²) in [4.78, 5) is 0.235. The Bertz CT molecular complexity index is 516. The molecule has 0 spiro atoms. The summed E-state index contributed by atoms with van der Waals surface area (Å²) in [7, 11) is -3.62. The minimum absolute atomic E-state index is 0.192. The van der Waals surface area contributed by atoms with E-state index in [0.717, 1.165) is 18.4 Å². The van der Waals surface area contributed by atoms with E-state index in [2.05, 4.69) is 19.2 Å². The fourth-order valence-electron chi connectivity index (χ4n) is 2.19. The van der Waals surface area contributed by atoms with Gasteiger partial charge in [-0.15, -0.1) is 0 Å². The average molecular weight is 283 g/mol. The molecule has 0 heterocycles. The van der Waals surface area contributed by atoms with Gasteiger partial charge in [0.25, 0.3) is 10.1 Å². The van der Waals surface area contributed by atoms with Crippen LogP contribution < -0.4 is 5.32 Å². The first kappa shape index (κ1) is 14.5. The van der Waals surface area contributed by atoms with Crippen molar-refractivity contribution in [3.63, 3.8) is 0 Å². The van der Waals surface area contributed by atoms with Gasteiger partial charge in [-0.1, -0.05) is 31.5 Å². The topological polar surface area (TPSA) is 55.4 Å². The van der Waals surface area contributed by atoms with Crippen molar-refractivity contribution < 1.29 is 12.6 Å². The van der Waals surface area contributed by atoms with E-state index >= 15 is 0 Å². The molecule has 0 atom stereocenters. The van der Waals surface area contributed by atoms with Crippen molar-refractivity contribution in [3.05, 3.63) is 29.8 Å². The van der Waals surface area contributed by atoms with E-state index < -0.39 is 10.1 Å². The molecule has 1 aliphatic carbocycles. The molecule has 1 aromatic rings. The largest absolute Gasteiger partial charge is 0.312 e. The third kappa shape index (κ3) is 3.78. The molecule has 0 radical (unpaired) electrons. The predicted octanol–water partition coefficient (Wildman–Crippen LogP) is 2.23. The van der Waals surface area contributed by atoms with Crippen LogP contribution in [0.4, 0.5) is 0 Å². The fourth-order valence-corrected chi connectivity index (χ4v) is 3.29. The van der Waals surface area contributed by atoms with Gasteiger partial charge in [-0.2, -0.15) is 8.42 Å². The van der Waals surface area contributed by atoms with E-state index in [1.807, 2.05) is 6.92 Å². The molecule has 1 aliphatic rings. The van der Waals surface area contributed by atoms with Crippen LogP contribution >= 0.6 is 0 Å². The van der Waals surface area contributed by atoms with E-state index in [1.165, 1.54) is 0 Å². The van der Waals surface area contributed by atoms with Gasteiger partial charge in [-0.3, -0.25) is 4.18 Å². The smallest absolute Gasteiger partial charge is 0.297 e. The number of nitrogens with one attached hydrogen (secondary N) is 1. The van der Waals surface area contributed by atoms with Crippen molar-refractivity contribution in [2.75, 3.05) is 0 Å². The zero-order valence-electron chi connectivity index (χ0n) is 11.6. The minimum Gasteiger partial charge on any atom is -0.312 e. The zero-order chi connectivity index (χ0) is 14.0. The van der Waals surface area contributed by atoms with Crippen LogP contribution in [0.5, 0.6) is 0 Å². The highest BCUT2D eigenvalue weighted by Crippen LogP contribution is 2.27. The van der Waals surface area contributed by atoms with Gasteiger partial charge in [-0.05, 0) is 31.9 Å². The van der Waals surface area contributed by atoms with Gasteiger partial charge in [0.2, 0.25) is 0 Å². The zero-order valence-corrected chi connectivity index (χ0v) is 12.4. The van der Waals surface area contributed by atoms with Crippen molar-refractivity contribution >= 4 is 10.1 Å². The number of benzene rings is 1. The first-order valence-corrected chi connectivity index (χ1v) is 8.03. The molecule has 0 aliphatic heterocycles. The number of aryl methyl sites for hydroxylation is 1. The Kier molecular flexibility index (Phi) is 4.28. The number of hydrogen-bond donors (Lipinski definition) is 1. The standard InChI is InChI=1S/C14H21NO3S/c1-10(2)15-12-8-13(9-12)18-19(16,17)14-6-4-11(3)5-7-14/h4-7,10,12-13,15H,8-9H2,1-3H3. The molecule has 1 saturated carbocycles. The lowest BCUT2D eigenvalue weighted by Crippen LogP contribution is -2.48. The lowest BCUT2D eigenvalue weighted by Gasteiger charge is -2.36. The van der Waals surface area contributed by atoms with Crippen LogP contribution in [0.15, 0.2) is 29.2 Å². The second-order valence-corrected chi connectivity index (χ2v) is 7.05. The predicted molar refractivity (Wildman–Crippen MR) is 74.5 cm³/mol. The quantitative estimate of drug-likeness (QED) is 0.842. The van der Waals surface area contributed by atoms with Crippen molar-refractivity contribution in [3.8, 4) is 0 Å². The van der Waals surface area contributed by atoms with Gasteiger partial charge in [-0.25, -0.2) is 0 Å². The van der Waals surface area contributed by atoms with Crippen molar-refractivity contribution in [2.24, 2.45) is 0 Å². The highest BCUT2D eigenvalue weighted by Gasteiger charge is 2.34. The van der Waals surface area contributed by atoms with Crippen molar-refractivity contribution in [1.82, 2.24) is 5.32 Å². The van der Waals surface area contributed by atoms with Crippen molar-refractivity contribution in [1.29, 1.82) is 0 Å². The summed E-state index contributed by atoms with van der Waals surface area (Å²) < 4.78 is 29.3. The van der Waals surface area contributed by atoms with Crippen LogP contribution in [-0.4, -0.2) is 26.6 Å². The molecule has 0 bridgehead atoms. The number of rotatable bonds is 5. The molecule has 1 fully saturated rings. The summed E-state index contributed by atoms with van der Waals surface area (Å²) in [6, 6.07) is 7.53. The Morgan fingerprint density at radius 1 is 1.21 bits per heavy atom. The van der Waals surface area contributed by atoms with Gasteiger partial charge in [0.05, 0.1) is 11.0 Å². The maximum absolute atomic E-state index is 12.0. The van der Waals surface area contributed by atoms with E-state index in [9.17, 15) is 8.42 Å². The maximum Gasteiger partial charge on any atom is 0.297 e. The minimum atomic E-state index is -3.62. The summed E-state index contributed by atoms with van der Waals surface area (Å²) in [5.74, 6) is 0. The highest BCUT2D eigenvalue weighted by molar-refractivity contribution is 7.86. The molecule has 2 rings (SSSR count). The Labute approximate surface area is 115 Å². The molecule has 0 saturated heterocycles. The van der Waals surface area contributed by atoms with E-state index in [-0.39, 0.29) is 11.0 Å². The first-order valence-electron chi connectivity index (χ1n) is 6.63. The molecule has 0 aromatic heterocycles. The summed E-state index contributed by atoms with van der Waals surface area (Å²) in [5, 5.41) is 3.37. The van der Waals surface area contributed by atoms with Crippen LogP contribution in [0.2, 0.25) is 0 Å². The van der Waals surface area contributed by atoms with E-state index in [4.69, 9.17) is 4.18 Å². The molecular weight excluding hydrogens is 262 g/mol. The normalized spacial score (nSPS) is 23.4. The van der Waals surface area contributed by atoms with Gasteiger partial charge in [0.1, 0.15) is 0 Å². The van der Waals surface area contributed by atoms with Gasteiger partial charge >= 0.3 is 0 Å². The number of hydrogen-bond acceptors (Lipinski definition) is 4. The summed E-state index contributed by atoms with van der Waals surface area (Å²) in [6.07, 6.45) is 1.31. The molecular formula is C14H21NO3S. The third-order valence-electron chi connectivity index (χ3n) is 3.24. The fraction of sp³-hybridized carbons (Fsp3) is 0.571. The van der Waals surface area contributed by atoms with Crippen LogP contribution in [0, 0.1) is 6.92 Å². The lowest BCUT2D eigenvalue weighted by molar-refractivity contribution is 0.0877. The Morgan fingerprint density at radius 3 is 2.32 bits per heavy atom. The second-order valence-electron chi connectivity index (χ2n) is 5.48. The van der Waals surface area contributed by atoms with Crippen LogP contribution in [0.1, 0.15) is 32.3 Å².